The molecule has 2 aliphatic heterocycles. The average molecular weight is 338 g/mol. The van der Waals surface area contributed by atoms with E-state index in [0.29, 0.717) is 31.0 Å². The van der Waals surface area contributed by atoms with Gasteiger partial charge in [0.25, 0.3) is 0 Å². The number of hydrogen-bond donors (Lipinski definition) is 1. The van der Waals surface area contributed by atoms with Crippen LogP contribution < -0.4 is 0 Å². The third kappa shape index (κ3) is 3.39. The van der Waals surface area contributed by atoms with Gasteiger partial charge in [0.05, 0.1) is 17.6 Å². The standard InChI is InChI=1S/C18H24ClNO3/c1-13-14(5-4-12-23-13)17(21)20-10-8-18(22,9-11-20)15-6-2-3-7-16(15)19/h2-3,6-7,13-14,22H,4-5,8-12H2,1H3/t13-,14-/m0/s1. The third-order valence-corrected chi connectivity index (χ3v) is 5.53. The van der Waals surface area contributed by atoms with Crippen molar-refractivity contribution in [1.82, 2.24) is 4.90 Å². The van der Waals surface area contributed by atoms with Crippen molar-refractivity contribution in [2.24, 2.45) is 5.92 Å². The topological polar surface area (TPSA) is 49.8 Å². The molecule has 2 fully saturated rings. The number of nitrogens with zero attached hydrogens (tertiary/aromatic N) is 1. The predicted molar refractivity (Wildman–Crippen MR) is 89.3 cm³/mol. The molecule has 0 bridgehead atoms. The zero-order chi connectivity index (χ0) is 16.4. The van der Waals surface area contributed by atoms with Gasteiger partial charge in [0.2, 0.25) is 5.91 Å². The molecule has 0 saturated carbocycles. The molecule has 0 spiro atoms. The molecule has 1 aromatic rings. The number of hydrogen-bond acceptors (Lipinski definition) is 3. The Morgan fingerprint density at radius 1 is 1.35 bits per heavy atom. The van der Waals surface area contributed by atoms with Crippen LogP contribution in [0.4, 0.5) is 0 Å². The second-order valence-electron chi connectivity index (χ2n) is 6.66. The van der Waals surface area contributed by atoms with Crippen molar-refractivity contribution in [2.45, 2.75) is 44.3 Å². The normalized spacial score (nSPS) is 27.7. The number of aliphatic hydroxyl groups is 1. The minimum Gasteiger partial charge on any atom is -0.385 e. The Morgan fingerprint density at radius 3 is 2.70 bits per heavy atom. The molecule has 0 aromatic heterocycles. The number of carbonyl (C=O) groups is 1. The van der Waals surface area contributed by atoms with Crippen LogP contribution in [0.3, 0.4) is 0 Å². The van der Waals surface area contributed by atoms with Gasteiger partial charge in [0.15, 0.2) is 0 Å². The predicted octanol–water partition coefficient (Wildman–Crippen LogP) is 2.97. The van der Waals surface area contributed by atoms with Gasteiger partial charge in [-0.05, 0) is 38.7 Å². The molecule has 0 aliphatic carbocycles. The minimum absolute atomic E-state index is 0.0133. The Labute approximate surface area is 142 Å². The number of ether oxygens (including phenoxy) is 1. The number of halogens is 1. The Kier molecular flexibility index (Phi) is 4.95. The lowest BCUT2D eigenvalue weighted by molar-refractivity contribution is -0.148. The zero-order valence-corrected chi connectivity index (χ0v) is 14.3. The monoisotopic (exact) mass is 337 g/mol. The van der Waals surface area contributed by atoms with E-state index in [9.17, 15) is 9.90 Å². The van der Waals surface area contributed by atoms with Crippen molar-refractivity contribution in [3.05, 3.63) is 34.9 Å². The Morgan fingerprint density at radius 2 is 2.04 bits per heavy atom. The first-order valence-electron chi connectivity index (χ1n) is 8.39. The summed E-state index contributed by atoms with van der Waals surface area (Å²) in [6.07, 6.45) is 2.86. The lowest BCUT2D eigenvalue weighted by atomic mass is 9.83. The van der Waals surface area contributed by atoms with Crippen LogP contribution >= 0.6 is 11.6 Å². The van der Waals surface area contributed by atoms with Gasteiger partial charge in [-0.1, -0.05) is 29.8 Å². The molecule has 2 saturated heterocycles. The van der Waals surface area contributed by atoms with Crippen molar-refractivity contribution in [3.8, 4) is 0 Å². The average Bonchev–Trinajstić information content (AvgIpc) is 2.56. The van der Waals surface area contributed by atoms with Crippen LogP contribution in [0, 0.1) is 5.92 Å². The highest BCUT2D eigenvalue weighted by Crippen LogP contribution is 2.37. The van der Waals surface area contributed by atoms with Crippen molar-refractivity contribution in [3.63, 3.8) is 0 Å². The van der Waals surface area contributed by atoms with E-state index in [0.717, 1.165) is 25.0 Å². The maximum absolute atomic E-state index is 12.7. The molecule has 2 aliphatic rings. The summed E-state index contributed by atoms with van der Waals surface area (Å²) < 4.78 is 5.61. The minimum atomic E-state index is -0.941. The van der Waals surface area contributed by atoms with Crippen LogP contribution in [-0.2, 0) is 15.1 Å². The molecule has 5 heteroatoms. The van der Waals surface area contributed by atoms with Crippen LogP contribution in [0.25, 0.3) is 0 Å². The van der Waals surface area contributed by atoms with Gasteiger partial charge >= 0.3 is 0 Å². The van der Waals surface area contributed by atoms with Gasteiger partial charge in [-0.3, -0.25) is 4.79 Å². The van der Waals surface area contributed by atoms with Gasteiger partial charge in [0, 0.05) is 30.3 Å². The number of piperidine rings is 1. The summed E-state index contributed by atoms with van der Waals surface area (Å²) in [5.41, 5.74) is -0.174. The zero-order valence-electron chi connectivity index (χ0n) is 13.5. The smallest absolute Gasteiger partial charge is 0.228 e. The van der Waals surface area contributed by atoms with Crippen LogP contribution in [0.2, 0.25) is 5.02 Å². The highest BCUT2D eigenvalue weighted by atomic mass is 35.5. The number of likely N-dealkylation sites (tertiary alicyclic amines) is 1. The van der Waals surface area contributed by atoms with Gasteiger partial charge in [-0.2, -0.15) is 0 Å². The lowest BCUT2D eigenvalue weighted by Crippen LogP contribution is -2.49. The largest absolute Gasteiger partial charge is 0.385 e. The van der Waals surface area contributed by atoms with E-state index in [1.165, 1.54) is 0 Å². The maximum Gasteiger partial charge on any atom is 0.228 e. The molecule has 1 N–H and O–H groups in total. The maximum atomic E-state index is 12.7. The Bertz CT molecular complexity index is 569. The first kappa shape index (κ1) is 16.7. The quantitative estimate of drug-likeness (QED) is 0.902. The van der Waals surface area contributed by atoms with Crippen molar-refractivity contribution >= 4 is 17.5 Å². The van der Waals surface area contributed by atoms with Crippen molar-refractivity contribution in [2.75, 3.05) is 19.7 Å². The summed E-state index contributed by atoms with van der Waals surface area (Å²) in [6.45, 7) is 3.84. The number of carbonyl (C=O) groups excluding carboxylic acids is 1. The van der Waals surface area contributed by atoms with Crippen molar-refractivity contribution < 1.29 is 14.6 Å². The lowest BCUT2D eigenvalue weighted by Gasteiger charge is -2.41. The Balaban J connectivity index is 1.66. The van der Waals surface area contributed by atoms with Crippen LogP contribution in [-0.4, -0.2) is 41.7 Å². The molecule has 1 amide bonds. The fraction of sp³-hybridized carbons (Fsp3) is 0.611. The summed E-state index contributed by atoms with van der Waals surface area (Å²) in [4.78, 5) is 14.6. The molecule has 3 rings (SSSR count). The fourth-order valence-electron chi connectivity index (χ4n) is 3.69. The van der Waals surface area contributed by atoms with E-state index in [2.05, 4.69) is 0 Å². The molecule has 0 radical (unpaired) electrons. The van der Waals surface area contributed by atoms with E-state index < -0.39 is 5.60 Å². The second-order valence-corrected chi connectivity index (χ2v) is 7.07. The molecule has 0 unspecified atom stereocenters. The van der Waals surface area contributed by atoms with Crippen molar-refractivity contribution in [1.29, 1.82) is 0 Å². The molecular weight excluding hydrogens is 314 g/mol. The first-order valence-corrected chi connectivity index (χ1v) is 8.77. The SMILES string of the molecule is C[C@@H]1OCCC[C@@H]1C(=O)N1CCC(O)(c2ccccc2Cl)CC1. The van der Waals surface area contributed by atoms with Gasteiger partial charge in [-0.15, -0.1) is 0 Å². The van der Waals surface area contributed by atoms with Crippen LogP contribution in [0.15, 0.2) is 24.3 Å². The molecule has 126 valence electrons. The summed E-state index contributed by atoms with van der Waals surface area (Å²) in [7, 11) is 0. The van der Waals surface area contributed by atoms with Gasteiger partial charge in [0.1, 0.15) is 0 Å². The van der Waals surface area contributed by atoms with Crippen LogP contribution in [0.1, 0.15) is 38.2 Å². The summed E-state index contributed by atoms with van der Waals surface area (Å²) in [5, 5.41) is 11.5. The van der Waals surface area contributed by atoms with Crippen LogP contribution in [0.5, 0.6) is 0 Å². The highest BCUT2D eigenvalue weighted by Gasteiger charge is 2.39. The van der Waals surface area contributed by atoms with E-state index in [1.807, 2.05) is 30.0 Å². The number of amides is 1. The first-order chi connectivity index (χ1) is 11.0. The molecule has 2 heterocycles. The molecule has 4 nitrogen and oxygen atoms in total. The highest BCUT2D eigenvalue weighted by molar-refractivity contribution is 6.31. The molecular formula is C18H24ClNO3. The number of rotatable bonds is 2. The summed E-state index contributed by atoms with van der Waals surface area (Å²) in [6, 6.07) is 7.42. The fourth-order valence-corrected chi connectivity index (χ4v) is 4.00. The summed E-state index contributed by atoms with van der Waals surface area (Å²) >= 11 is 6.23. The summed E-state index contributed by atoms with van der Waals surface area (Å²) in [5.74, 6) is 0.119. The molecule has 2 atom stereocenters. The number of benzene rings is 1. The van der Waals surface area contributed by atoms with E-state index >= 15 is 0 Å². The van der Waals surface area contributed by atoms with Gasteiger partial charge < -0.3 is 14.7 Å². The van der Waals surface area contributed by atoms with E-state index in [1.54, 1.807) is 6.07 Å². The molecule has 23 heavy (non-hydrogen) atoms. The molecule has 1 aromatic carbocycles. The van der Waals surface area contributed by atoms with E-state index in [-0.39, 0.29) is 17.9 Å². The Hall–Kier alpha value is -1.10. The van der Waals surface area contributed by atoms with Gasteiger partial charge in [-0.25, -0.2) is 0 Å². The second kappa shape index (κ2) is 6.80. The third-order valence-electron chi connectivity index (χ3n) is 5.20. The van der Waals surface area contributed by atoms with E-state index in [4.69, 9.17) is 16.3 Å².